The summed E-state index contributed by atoms with van der Waals surface area (Å²) in [7, 11) is 0. The normalized spacial score (nSPS) is 12.9. The smallest absolute Gasteiger partial charge is 0.263 e. The maximum Gasteiger partial charge on any atom is 0.263 e. The van der Waals surface area contributed by atoms with Crippen molar-refractivity contribution in [2.24, 2.45) is 0 Å². The molecule has 4 nitrogen and oxygen atoms in total. The Balaban J connectivity index is 1.81. The highest BCUT2D eigenvalue weighted by molar-refractivity contribution is 7.17. The van der Waals surface area contributed by atoms with Crippen LogP contribution in [0.4, 0.5) is 0 Å². The zero-order valence-electron chi connectivity index (χ0n) is 14.2. The van der Waals surface area contributed by atoms with Crippen molar-refractivity contribution in [3.63, 3.8) is 0 Å². The molecule has 0 saturated carbocycles. The zero-order valence-corrected chi connectivity index (χ0v) is 15.0. The monoisotopic (exact) mass is 345 g/mol. The van der Waals surface area contributed by atoms with E-state index in [9.17, 15) is 4.79 Å². The Morgan fingerprint density at radius 1 is 1.04 bits per heavy atom. The second-order valence-corrected chi connectivity index (χ2v) is 6.90. The predicted molar refractivity (Wildman–Crippen MR) is 97.2 cm³/mol. The van der Waals surface area contributed by atoms with Crippen molar-refractivity contribution in [1.29, 1.82) is 0 Å². The first-order valence-corrected chi connectivity index (χ1v) is 9.33. The van der Waals surface area contributed by atoms with Crippen LogP contribution in [0.5, 0.6) is 11.5 Å². The summed E-state index contributed by atoms with van der Waals surface area (Å²) in [5.74, 6) is 1.70. The topological polar surface area (TPSA) is 38.8 Å². The lowest BCUT2D eigenvalue weighted by Crippen LogP contribution is -2.31. The van der Waals surface area contributed by atoms with Gasteiger partial charge in [-0.25, -0.2) is 0 Å². The van der Waals surface area contributed by atoms with E-state index in [4.69, 9.17) is 9.47 Å². The fourth-order valence-electron chi connectivity index (χ4n) is 2.82. The second kappa shape index (κ2) is 7.71. The van der Waals surface area contributed by atoms with Crippen molar-refractivity contribution < 1.29 is 14.3 Å². The minimum atomic E-state index is 0.132. The quantitative estimate of drug-likeness (QED) is 0.776. The van der Waals surface area contributed by atoms with Gasteiger partial charge in [-0.05, 0) is 48.7 Å². The summed E-state index contributed by atoms with van der Waals surface area (Å²) in [6.07, 6.45) is 1.96. The van der Waals surface area contributed by atoms with Gasteiger partial charge in [-0.3, -0.25) is 4.79 Å². The Morgan fingerprint density at radius 3 is 2.46 bits per heavy atom. The summed E-state index contributed by atoms with van der Waals surface area (Å²) in [4.78, 5) is 16.5. The molecule has 128 valence electrons. The third-order valence-corrected chi connectivity index (χ3v) is 5.04. The van der Waals surface area contributed by atoms with Crippen LogP contribution in [0.1, 0.15) is 36.4 Å². The number of benzene rings is 1. The Labute approximate surface area is 147 Å². The van der Waals surface area contributed by atoms with Gasteiger partial charge < -0.3 is 14.4 Å². The van der Waals surface area contributed by atoms with Crippen LogP contribution in [-0.4, -0.2) is 37.1 Å². The molecule has 0 atom stereocenters. The van der Waals surface area contributed by atoms with Crippen molar-refractivity contribution in [2.75, 3.05) is 26.3 Å². The van der Waals surface area contributed by atoms with Crippen LogP contribution in [0, 0.1) is 0 Å². The molecule has 0 saturated heterocycles. The van der Waals surface area contributed by atoms with E-state index in [1.54, 1.807) is 0 Å². The first kappa shape index (κ1) is 16.8. The van der Waals surface area contributed by atoms with E-state index in [0.29, 0.717) is 13.2 Å². The second-order valence-electron chi connectivity index (χ2n) is 5.81. The average molecular weight is 345 g/mol. The van der Waals surface area contributed by atoms with Crippen molar-refractivity contribution in [3.8, 4) is 21.9 Å². The van der Waals surface area contributed by atoms with Gasteiger partial charge in [0.05, 0.1) is 4.88 Å². The molecule has 0 aliphatic carbocycles. The average Bonchev–Trinajstić information content (AvgIpc) is 3.10. The predicted octanol–water partition coefficient (Wildman–Crippen LogP) is 4.45. The van der Waals surface area contributed by atoms with E-state index in [1.807, 2.05) is 35.2 Å². The lowest BCUT2D eigenvalue weighted by Gasteiger charge is -2.20. The molecule has 0 radical (unpaired) electrons. The summed E-state index contributed by atoms with van der Waals surface area (Å²) in [5.41, 5.74) is 1.06. The standard InChI is InChI=1S/C19H23NO3S/c1-3-9-20(10-4-2)19(21)18-8-7-17(24-18)14-5-6-15-16(13-14)23-12-11-22-15/h5-8,13H,3-4,9-12H2,1-2H3. The van der Waals surface area contributed by atoms with Crippen LogP contribution in [-0.2, 0) is 0 Å². The Bertz CT molecular complexity index is 704. The van der Waals surface area contributed by atoms with Gasteiger partial charge in [-0.1, -0.05) is 13.8 Å². The number of fused-ring (bicyclic) bond motifs is 1. The molecule has 1 amide bonds. The molecule has 0 bridgehead atoms. The summed E-state index contributed by atoms with van der Waals surface area (Å²) in [6.45, 7) is 6.99. The van der Waals surface area contributed by atoms with E-state index in [2.05, 4.69) is 13.8 Å². The first-order chi connectivity index (χ1) is 11.7. The van der Waals surface area contributed by atoms with Crippen molar-refractivity contribution in [3.05, 3.63) is 35.2 Å². The van der Waals surface area contributed by atoms with Crippen LogP contribution in [0.25, 0.3) is 10.4 Å². The molecular formula is C19H23NO3S. The zero-order chi connectivity index (χ0) is 16.9. The SMILES string of the molecule is CCCN(CCC)C(=O)c1ccc(-c2ccc3c(c2)OCCO3)s1. The number of amides is 1. The largest absolute Gasteiger partial charge is 0.486 e. The first-order valence-electron chi connectivity index (χ1n) is 8.52. The fourth-order valence-corrected chi connectivity index (χ4v) is 3.79. The van der Waals surface area contributed by atoms with Crippen LogP contribution in [0.15, 0.2) is 30.3 Å². The van der Waals surface area contributed by atoms with Gasteiger partial charge in [0.15, 0.2) is 11.5 Å². The third-order valence-electron chi connectivity index (χ3n) is 3.92. The Hall–Kier alpha value is -2.01. The molecule has 1 aromatic heterocycles. The van der Waals surface area contributed by atoms with Crippen LogP contribution < -0.4 is 9.47 Å². The summed E-state index contributed by atoms with van der Waals surface area (Å²) >= 11 is 1.54. The molecule has 0 N–H and O–H groups in total. The van der Waals surface area contributed by atoms with Crippen LogP contribution >= 0.6 is 11.3 Å². The van der Waals surface area contributed by atoms with Crippen molar-refractivity contribution in [1.82, 2.24) is 4.90 Å². The number of hydrogen-bond acceptors (Lipinski definition) is 4. The molecule has 0 fully saturated rings. The van der Waals surface area contributed by atoms with Gasteiger partial charge in [0, 0.05) is 18.0 Å². The van der Waals surface area contributed by atoms with Crippen LogP contribution in [0.3, 0.4) is 0 Å². The Morgan fingerprint density at radius 2 is 1.75 bits per heavy atom. The number of carbonyl (C=O) groups excluding carboxylic acids is 1. The van der Waals surface area contributed by atoms with Gasteiger partial charge in [0.2, 0.25) is 0 Å². The van der Waals surface area contributed by atoms with E-state index in [1.165, 1.54) is 11.3 Å². The van der Waals surface area contributed by atoms with Gasteiger partial charge in [-0.2, -0.15) is 0 Å². The number of ether oxygens (including phenoxy) is 2. The molecule has 24 heavy (non-hydrogen) atoms. The highest BCUT2D eigenvalue weighted by Gasteiger charge is 2.18. The molecular weight excluding hydrogens is 322 g/mol. The van der Waals surface area contributed by atoms with Gasteiger partial charge in [-0.15, -0.1) is 11.3 Å². The van der Waals surface area contributed by atoms with E-state index in [0.717, 1.165) is 52.7 Å². The molecule has 1 aromatic carbocycles. The Kier molecular flexibility index (Phi) is 5.41. The number of nitrogens with zero attached hydrogens (tertiary/aromatic N) is 1. The number of rotatable bonds is 6. The lowest BCUT2D eigenvalue weighted by atomic mass is 10.1. The summed E-state index contributed by atoms with van der Waals surface area (Å²) in [5, 5.41) is 0. The molecule has 1 aliphatic heterocycles. The molecule has 3 rings (SSSR count). The van der Waals surface area contributed by atoms with Gasteiger partial charge in [0.25, 0.3) is 5.91 Å². The van der Waals surface area contributed by atoms with E-state index in [-0.39, 0.29) is 5.91 Å². The maximum absolute atomic E-state index is 12.7. The van der Waals surface area contributed by atoms with Crippen LogP contribution in [0.2, 0.25) is 0 Å². The van der Waals surface area contributed by atoms with Crippen molar-refractivity contribution in [2.45, 2.75) is 26.7 Å². The summed E-state index contributed by atoms with van der Waals surface area (Å²) < 4.78 is 11.2. The molecule has 1 aliphatic rings. The molecule has 2 heterocycles. The maximum atomic E-state index is 12.7. The number of carbonyl (C=O) groups is 1. The summed E-state index contributed by atoms with van der Waals surface area (Å²) in [6, 6.07) is 9.89. The van der Waals surface area contributed by atoms with Crippen molar-refractivity contribution >= 4 is 17.2 Å². The number of thiophene rings is 1. The highest BCUT2D eigenvalue weighted by Crippen LogP contribution is 2.37. The number of hydrogen-bond donors (Lipinski definition) is 0. The minimum Gasteiger partial charge on any atom is -0.486 e. The third kappa shape index (κ3) is 3.56. The molecule has 5 heteroatoms. The molecule has 0 spiro atoms. The minimum absolute atomic E-state index is 0.132. The van der Waals surface area contributed by atoms with E-state index < -0.39 is 0 Å². The molecule has 2 aromatic rings. The fraction of sp³-hybridized carbons (Fsp3) is 0.421. The highest BCUT2D eigenvalue weighted by atomic mass is 32.1. The van der Waals surface area contributed by atoms with Gasteiger partial charge in [0.1, 0.15) is 13.2 Å². The lowest BCUT2D eigenvalue weighted by molar-refractivity contribution is 0.0760. The molecule has 0 unspecified atom stereocenters. The van der Waals surface area contributed by atoms with E-state index >= 15 is 0 Å². The van der Waals surface area contributed by atoms with Gasteiger partial charge >= 0.3 is 0 Å².